The third-order valence-corrected chi connectivity index (χ3v) is 3.13. The van der Waals surface area contributed by atoms with Crippen LogP contribution in [-0.2, 0) is 0 Å². The van der Waals surface area contributed by atoms with Crippen LogP contribution in [0.2, 0.25) is 0 Å². The first-order valence-corrected chi connectivity index (χ1v) is 7.65. The zero-order chi connectivity index (χ0) is 15.9. The zero-order valence-corrected chi connectivity index (χ0v) is 13.8. The summed E-state index contributed by atoms with van der Waals surface area (Å²) in [6.45, 7) is 9.64. The molecule has 6 heteroatoms. The third kappa shape index (κ3) is 5.27. The van der Waals surface area contributed by atoms with E-state index in [0.29, 0.717) is 11.9 Å². The van der Waals surface area contributed by atoms with Crippen molar-refractivity contribution in [2.45, 2.75) is 40.5 Å². The summed E-state index contributed by atoms with van der Waals surface area (Å²) in [5.74, 6) is 1.42. The highest BCUT2D eigenvalue weighted by Gasteiger charge is 2.00. The van der Waals surface area contributed by atoms with E-state index in [2.05, 4.69) is 30.6 Å². The number of hydrogen-bond donors (Lipinski definition) is 2. The number of anilines is 2. The highest BCUT2D eigenvalue weighted by molar-refractivity contribution is 5.28. The monoisotopic (exact) mass is 300 g/mol. The molecule has 0 spiro atoms. The van der Waals surface area contributed by atoms with Gasteiger partial charge in [0.25, 0.3) is 0 Å². The molecule has 0 amide bonds. The zero-order valence-electron chi connectivity index (χ0n) is 13.8. The van der Waals surface area contributed by atoms with Crippen LogP contribution in [0.4, 0.5) is 11.9 Å². The Morgan fingerprint density at radius 3 is 1.27 bits per heavy atom. The van der Waals surface area contributed by atoms with E-state index in [1.54, 1.807) is 0 Å². The lowest BCUT2D eigenvalue weighted by atomic mass is 10.3. The Hall–Kier alpha value is -2.24. The maximum atomic E-state index is 4.36. The summed E-state index contributed by atoms with van der Waals surface area (Å²) in [6.07, 6.45) is 2.07. The van der Waals surface area contributed by atoms with Crippen LogP contribution >= 0.6 is 0 Å². The first kappa shape index (κ1) is 16.1. The van der Waals surface area contributed by atoms with Crippen molar-refractivity contribution in [2.24, 2.45) is 0 Å². The van der Waals surface area contributed by atoms with Crippen molar-refractivity contribution < 1.29 is 0 Å². The van der Waals surface area contributed by atoms with Crippen LogP contribution < -0.4 is 10.6 Å². The predicted octanol–water partition coefficient (Wildman–Crippen LogP) is 2.80. The van der Waals surface area contributed by atoms with Gasteiger partial charge in [-0.15, -0.1) is 0 Å². The fourth-order valence-electron chi connectivity index (χ4n) is 2.26. The molecule has 0 unspecified atom stereocenters. The minimum absolute atomic E-state index is 0.711. The standard InChI is InChI=1S/C16H24N6/c1-11-9-12(2)20-15(19-11)17-7-5-6-8-18-16-21-13(3)10-14(4)22-16/h9-10H,5-8H2,1-4H3,(H,17,19,20)(H,18,21,22). The molecule has 0 aromatic carbocycles. The van der Waals surface area contributed by atoms with Crippen molar-refractivity contribution in [1.29, 1.82) is 0 Å². The molecule has 2 aromatic heterocycles. The lowest BCUT2D eigenvalue weighted by Crippen LogP contribution is -2.10. The van der Waals surface area contributed by atoms with E-state index in [-0.39, 0.29) is 0 Å². The summed E-state index contributed by atoms with van der Waals surface area (Å²) < 4.78 is 0. The molecule has 0 aliphatic rings. The molecule has 2 aromatic rings. The van der Waals surface area contributed by atoms with E-state index in [0.717, 1.165) is 48.7 Å². The number of aryl methyl sites for hydroxylation is 4. The number of aromatic nitrogens is 4. The first-order valence-electron chi connectivity index (χ1n) is 7.65. The smallest absolute Gasteiger partial charge is 0.223 e. The Morgan fingerprint density at radius 2 is 0.955 bits per heavy atom. The highest BCUT2D eigenvalue weighted by Crippen LogP contribution is 2.05. The third-order valence-electron chi connectivity index (χ3n) is 3.13. The molecule has 2 heterocycles. The van der Waals surface area contributed by atoms with E-state index in [1.165, 1.54) is 0 Å². The molecular formula is C16H24N6. The van der Waals surface area contributed by atoms with Gasteiger partial charge in [-0.05, 0) is 52.7 Å². The molecule has 0 radical (unpaired) electrons. The molecule has 2 N–H and O–H groups in total. The number of nitrogens with zero attached hydrogens (tertiary/aromatic N) is 4. The predicted molar refractivity (Wildman–Crippen MR) is 89.2 cm³/mol. The fourth-order valence-corrected chi connectivity index (χ4v) is 2.26. The summed E-state index contributed by atoms with van der Waals surface area (Å²) in [5.41, 5.74) is 3.96. The lowest BCUT2D eigenvalue weighted by molar-refractivity contribution is 0.782. The molecule has 0 bridgehead atoms. The molecule has 0 atom stereocenters. The Labute approximate surface area is 131 Å². The molecule has 0 aliphatic carbocycles. The van der Waals surface area contributed by atoms with Gasteiger partial charge in [-0.1, -0.05) is 0 Å². The Morgan fingerprint density at radius 1 is 0.636 bits per heavy atom. The van der Waals surface area contributed by atoms with E-state index in [4.69, 9.17) is 0 Å². The number of nitrogens with one attached hydrogen (secondary N) is 2. The van der Waals surface area contributed by atoms with Crippen molar-refractivity contribution in [2.75, 3.05) is 23.7 Å². The van der Waals surface area contributed by atoms with E-state index in [1.807, 2.05) is 39.8 Å². The van der Waals surface area contributed by atoms with Gasteiger partial charge in [0.2, 0.25) is 11.9 Å². The number of hydrogen-bond acceptors (Lipinski definition) is 6. The van der Waals surface area contributed by atoms with Crippen LogP contribution in [-0.4, -0.2) is 33.0 Å². The average Bonchev–Trinajstić information content (AvgIpc) is 2.40. The van der Waals surface area contributed by atoms with Gasteiger partial charge in [-0.25, -0.2) is 19.9 Å². The molecule has 118 valence electrons. The van der Waals surface area contributed by atoms with Gasteiger partial charge in [-0.2, -0.15) is 0 Å². The van der Waals surface area contributed by atoms with Crippen molar-refractivity contribution in [1.82, 2.24) is 19.9 Å². The van der Waals surface area contributed by atoms with Crippen LogP contribution in [0, 0.1) is 27.7 Å². The summed E-state index contributed by atoms with van der Waals surface area (Å²) in [4.78, 5) is 17.4. The summed E-state index contributed by atoms with van der Waals surface area (Å²) in [6, 6.07) is 3.94. The largest absolute Gasteiger partial charge is 0.354 e. The van der Waals surface area contributed by atoms with E-state index >= 15 is 0 Å². The maximum absolute atomic E-state index is 4.36. The minimum Gasteiger partial charge on any atom is -0.354 e. The maximum Gasteiger partial charge on any atom is 0.223 e. The van der Waals surface area contributed by atoms with Crippen molar-refractivity contribution in [3.63, 3.8) is 0 Å². The fraction of sp³-hybridized carbons (Fsp3) is 0.500. The number of unbranched alkanes of at least 4 members (excludes halogenated alkanes) is 1. The Kier molecular flexibility index (Phi) is 5.63. The molecule has 6 nitrogen and oxygen atoms in total. The molecule has 0 saturated heterocycles. The van der Waals surface area contributed by atoms with E-state index < -0.39 is 0 Å². The second-order valence-corrected chi connectivity index (χ2v) is 5.51. The van der Waals surface area contributed by atoms with Crippen LogP contribution in [0.15, 0.2) is 12.1 Å². The second-order valence-electron chi connectivity index (χ2n) is 5.51. The molecule has 0 saturated carbocycles. The highest BCUT2D eigenvalue weighted by atomic mass is 15.1. The topological polar surface area (TPSA) is 75.6 Å². The molecule has 2 rings (SSSR count). The van der Waals surface area contributed by atoms with Crippen molar-refractivity contribution >= 4 is 11.9 Å². The summed E-state index contributed by atoms with van der Waals surface area (Å²) >= 11 is 0. The SMILES string of the molecule is Cc1cc(C)nc(NCCCCNc2nc(C)cc(C)n2)n1. The normalized spacial score (nSPS) is 10.5. The van der Waals surface area contributed by atoms with Crippen molar-refractivity contribution in [3.05, 3.63) is 34.9 Å². The lowest BCUT2D eigenvalue weighted by Gasteiger charge is -2.08. The van der Waals surface area contributed by atoms with Crippen molar-refractivity contribution in [3.8, 4) is 0 Å². The quantitative estimate of drug-likeness (QED) is 0.766. The van der Waals surface area contributed by atoms with E-state index in [9.17, 15) is 0 Å². The summed E-state index contributed by atoms with van der Waals surface area (Å²) in [5, 5.41) is 6.52. The Balaban J connectivity index is 1.67. The van der Waals surface area contributed by atoms with Gasteiger partial charge in [0.1, 0.15) is 0 Å². The second kappa shape index (κ2) is 7.68. The van der Waals surface area contributed by atoms with Gasteiger partial charge in [0, 0.05) is 35.9 Å². The van der Waals surface area contributed by atoms with Gasteiger partial charge in [-0.3, -0.25) is 0 Å². The molecule has 0 fully saturated rings. The van der Waals surface area contributed by atoms with Crippen LogP contribution in [0.25, 0.3) is 0 Å². The molecule has 0 aliphatic heterocycles. The Bertz CT molecular complexity index is 530. The molecule has 22 heavy (non-hydrogen) atoms. The number of rotatable bonds is 7. The van der Waals surface area contributed by atoms with Crippen LogP contribution in [0.1, 0.15) is 35.6 Å². The van der Waals surface area contributed by atoms with Gasteiger partial charge >= 0.3 is 0 Å². The minimum atomic E-state index is 0.711. The van der Waals surface area contributed by atoms with Gasteiger partial charge in [0.05, 0.1) is 0 Å². The van der Waals surface area contributed by atoms with Gasteiger partial charge in [0.15, 0.2) is 0 Å². The van der Waals surface area contributed by atoms with Crippen LogP contribution in [0.5, 0.6) is 0 Å². The average molecular weight is 300 g/mol. The van der Waals surface area contributed by atoms with Gasteiger partial charge < -0.3 is 10.6 Å². The summed E-state index contributed by atoms with van der Waals surface area (Å²) in [7, 11) is 0. The van der Waals surface area contributed by atoms with Crippen LogP contribution in [0.3, 0.4) is 0 Å². The molecular weight excluding hydrogens is 276 g/mol. The first-order chi connectivity index (χ1) is 10.5.